The minimum atomic E-state index is -0.421. The summed E-state index contributed by atoms with van der Waals surface area (Å²) in [5.74, 6) is 1.15. The Morgan fingerprint density at radius 3 is 2.19 bits per heavy atom. The average Bonchev–Trinajstić information content (AvgIpc) is 2.70. The topological polar surface area (TPSA) is 83.1 Å². The highest BCUT2D eigenvalue weighted by Gasteiger charge is 2.17. The highest BCUT2D eigenvalue weighted by atomic mass is 16.5. The highest BCUT2D eigenvalue weighted by Crippen LogP contribution is 2.39. The van der Waals surface area contributed by atoms with Crippen molar-refractivity contribution in [1.82, 2.24) is 0 Å². The lowest BCUT2D eigenvalue weighted by atomic mass is 9.86. The van der Waals surface area contributed by atoms with E-state index in [0.717, 1.165) is 6.42 Å². The second-order valence-corrected chi connectivity index (χ2v) is 6.67. The van der Waals surface area contributed by atoms with Crippen molar-refractivity contribution in [3.63, 3.8) is 0 Å². The first-order chi connectivity index (χ1) is 13.1. The fourth-order valence-corrected chi connectivity index (χ4v) is 3.37. The lowest BCUT2D eigenvalue weighted by Gasteiger charge is -2.20. The molecule has 7 heteroatoms. The van der Waals surface area contributed by atoms with Crippen LogP contribution >= 0.6 is 0 Å². The fourth-order valence-electron chi connectivity index (χ4n) is 3.37. The van der Waals surface area contributed by atoms with Crippen LogP contribution in [0.1, 0.15) is 44.9 Å². The Labute approximate surface area is 160 Å². The number of esters is 1. The van der Waals surface area contributed by atoms with Gasteiger partial charge in [0.1, 0.15) is 0 Å². The van der Waals surface area contributed by atoms with Crippen LogP contribution < -0.4 is 19.5 Å². The van der Waals surface area contributed by atoms with Crippen molar-refractivity contribution >= 4 is 17.6 Å². The van der Waals surface area contributed by atoms with Crippen molar-refractivity contribution < 1.29 is 28.5 Å². The third kappa shape index (κ3) is 6.34. The van der Waals surface area contributed by atoms with Gasteiger partial charge in [0.2, 0.25) is 5.75 Å². The molecule has 1 aromatic carbocycles. The SMILES string of the molecule is COc1cc(NC(=O)COC(=O)CCC2CCCCC2)cc(OC)c1OC. The monoisotopic (exact) mass is 379 g/mol. The number of methoxy groups -OCH3 is 3. The van der Waals surface area contributed by atoms with Gasteiger partial charge in [0.15, 0.2) is 18.1 Å². The van der Waals surface area contributed by atoms with E-state index in [-0.39, 0.29) is 12.6 Å². The van der Waals surface area contributed by atoms with Crippen molar-refractivity contribution in [1.29, 1.82) is 0 Å². The predicted molar refractivity (Wildman–Crippen MR) is 101 cm³/mol. The number of amides is 1. The quantitative estimate of drug-likeness (QED) is 0.661. The van der Waals surface area contributed by atoms with Gasteiger partial charge in [-0.05, 0) is 12.3 Å². The summed E-state index contributed by atoms with van der Waals surface area (Å²) < 4.78 is 20.8. The lowest BCUT2D eigenvalue weighted by molar-refractivity contribution is -0.147. The summed E-state index contributed by atoms with van der Waals surface area (Å²) in [5.41, 5.74) is 0.466. The Morgan fingerprint density at radius 2 is 1.63 bits per heavy atom. The Bertz CT molecular complexity index is 614. The number of carbonyl (C=O) groups is 2. The zero-order chi connectivity index (χ0) is 19.6. The van der Waals surface area contributed by atoms with Gasteiger partial charge >= 0.3 is 5.97 Å². The summed E-state index contributed by atoms with van der Waals surface area (Å²) in [4.78, 5) is 23.9. The second kappa shape index (κ2) is 10.6. The molecule has 7 nitrogen and oxygen atoms in total. The number of ether oxygens (including phenoxy) is 4. The smallest absolute Gasteiger partial charge is 0.306 e. The fraction of sp³-hybridized carbons (Fsp3) is 0.600. The molecule has 1 fully saturated rings. The van der Waals surface area contributed by atoms with Gasteiger partial charge in [0.25, 0.3) is 5.91 Å². The zero-order valence-electron chi connectivity index (χ0n) is 16.3. The molecule has 0 heterocycles. The molecule has 0 bridgehead atoms. The summed E-state index contributed by atoms with van der Waals surface area (Å²) in [7, 11) is 4.50. The van der Waals surface area contributed by atoms with Crippen LogP contribution in [0.15, 0.2) is 12.1 Å². The molecule has 0 radical (unpaired) electrons. The third-order valence-electron chi connectivity index (χ3n) is 4.79. The average molecular weight is 379 g/mol. The first kappa shape index (κ1) is 20.9. The van der Waals surface area contributed by atoms with Crippen LogP contribution in [-0.2, 0) is 14.3 Å². The first-order valence-corrected chi connectivity index (χ1v) is 9.32. The molecular formula is C20H29NO6. The molecule has 27 heavy (non-hydrogen) atoms. The molecule has 1 N–H and O–H groups in total. The van der Waals surface area contributed by atoms with E-state index in [1.54, 1.807) is 12.1 Å². The van der Waals surface area contributed by atoms with Crippen LogP contribution in [0.25, 0.3) is 0 Å². The van der Waals surface area contributed by atoms with E-state index in [0.29, 0.717) is 35.3 Å². The largest absolute Gasteiger partial charge is 0.493 e. The molecule has 0 atom stereocenters. The number of hydrogen-bond donors (Lipinski definition) is 1. The number of hydrogen-bond acceptors (Lipinski definition) is 6. The minimum absolute atomic E-state index is 0.319. The number of benzene rings is 1. The van der Waals surface area contributed by atoms with Gasteiger partial charge in [0.05, 0.1) is 21.3 Å². The van der Waals surface area contributed by atoms with E-state index < -0.39 is 5.91 Å². The number of anilines is 1. The van der Waals surface area contributed by atoms with E-state index in [1.165, 1.54) is 53.4 Å². The van der Waals surface area contributed by atoms with Crippen LogP contribution in [0.3, 0.4) is 0 Å². The lowest BCUT2D eigenvalue weighted by Crippen LogP contribution is -2.21. The van der Waals surface area contributed by atoms with Gasteiger partial charge in [-0.25, -0.2) is 0 Å². The Morgan fingerprint density at radius 1 is 1.00 bits per heavy atom. The van der Waals surface area contributed by atoms with Crippen LogP contribution in [0.5, 0.6) is 17.2 Å². The van der Waals surface area contributed by atoms with Crippen LogP contribution in [0.2, 0.25) is 0 Å². The van der Waals surface area contributed by atoms with E-state index >= 15 is 0 Å². The molecule has 0 unspecified atom stereocenters. The molecule has 1 aliphatic rings. The van der Waals surface area contributed by atoms with Crippen molar-refractivity contribution in [2.75, 3.05) is 33.3 Å². The van der Waals surface area contributed by atoms with Crippen LogP contribution in [0, 0.1) is 5.92 Å². The Balaban J connectivity index is 1.81. The maximum atomic E-state index is 12.1. The molecule has 0 aromatic heterocycles. The number of rotatable bonds is 9. The second-order valence-electron chi connectivity index (χ2n) is 6.67. The maximum Gasteiger partial charge on any atom is 0.306 e. The Kier molecular flexibility index (Phi) is 8.23. The molecule has 1 aliphatic carbocycles. The minimum Gasteiger partial charge on any atom is -0.493 e. The molecule has 1 saturated carbocycles. The van der Waals surface area contributed by atoms with Crippen LogP contribution in [0.4, 0.5) is 5.69 Å². The van der Waals surface area contributed by atoms with Gasteiger partial charge in [0, 0.05) is 24.2 Å². The molecule has 1 aromatic rings. The maximum absolute atomic E-state index is 12.1. The number of carbonyl (C=O) groups excluding carboxylic acids is 2. The predicted octanol–water partition coefficient (Wildman–Crippen LogP) is 3.55. The van der Waals surface area contributed by atoms with Gasteiger partial charge in [-0.1, -0.05) is 32.1 Å². The van der Waals surface area contributed by atoms with Crippen molar-refractivity contribution in [2.45, 2.75) is 44.9 Å². The summed E-state index contributed by atoms with van der Waals surface area (Å²) in [6, 6.07) is 3.23. The summed E-state index contributed by atoms with van der Waals surface area (Å²) in [6.45, 7) is -0.319. The summed E-state index contributed by atoms with van der Waals surface area (Å²) in [5, 5.41) is 2.67. The molecule has 2 rings (SSSR count). The summed E-state index contributed by atoms with van der Waals surface area (Å²) >= 11 is 0. The number of nitrogens with one attached hydrogen (secondary N) is 1. The molecule has 0 spiro atoms. The molecule has 0 saturated heterocycles. The van der Waals surface area contributed by atoms with Gasteiger partial charge < -0.3 is 24.3 Å². The highest BCUT2D eigenvalue weighted by molar-refractivity contribution is 5.93. The van der Waals surface area contributed by atoms with Crippen molar-refractivity contribution in [3.8, 4) is 17.2 Å². The van der Waals surface area contributed by atoms with E-state index in [9.17, 15) is 9.59 Å². The molecule has 1 amide bonds. The van der Waals surface area contributed by atoms with Gasteiger partial charge in [-0.2, -0.15) is 0 Å². The van der Waals surface area contributed by atoms with E-state index in [1.807, 2.05) is 0 Å². The standard InChI is InChI=1S/C20H29NO6/c1-24-16-11-15(12-17(25-2)20(16)26-3)21-18(22)13-27-19(23)10-9-14-7-5-4-6-8-14/h11-12,14H,4-10,13H2,1-3H3,(H,21,22). The Hall–Kier alpha value is -2.44. The van der Waals surface area contributed by atoms with Gasteiger partial charge in [-0.15, -0.1) is 0 Å². The van der Waals surface area contributed by atoms with Crippen molar-refractivity contribution in [3.05, 3.63) is 12.1 Å². The normalized spacial score (nSPS) is 14.3. The summed E-state index contributed by atoms with van der Waals surface area (Å²) in [6.07, 6.45) is 7.37. The first-order valence-electron chi connectivity index (χ1n) is 9.32. The van der Waals surface area contributed by atoms with Crippen LogP contribution in [-0.4, -0.2) is 39.8 Å². The molecule has 0 aliphatic heterocycles. The molecular weight excluding hydrogens is 350 g/mol. The zero-order valence-corrected chi connectivity index (χ0v) is 16.3. The van der Waals surface area contributed by atoms with E-state index in [2.05, 4.69) is 5.32 Å². The van der Waals surface area contributed by atoms with Crippen molar-refractivity contribution in [2.24, 2.45) is 5.92 Å². The molecule has 150 valence electrons. The third-order valence-corrected chi connectivity index (χ3v) is 4.79. The van der Waals surface area contributed by atoms with Gasteiger partial charge in [-0.3, -0.25) is 9.59 Å². The van der Waals surface area contributed by atoms with E-state index in [4.69, 9.17) is 18.9 Å².